The molecule has 0 radical (unpaired) electrons. The zero-order chi connectivity index (χ0) is 23.6. The lowest BCUT2D eigenvalue weighted by molar-refractivity contribution is -0.128. The fourth-order valence-electron chi connectivity index (χ4n) is 3.08. The van der Waals surface area contributed by atoms with Crippen LogP contribution in [0.5, 0.6) is 5.75 Å². The van der Waals surface area contributed by atoms with Gasteiger partial charge in [-0.25, -0.2) is 13.8 Å². The molecule has 3 N–H and O–H groups in total. The number of fused-ring (bicyclic) bond motifs is 1. The number of anilines is 2. The van der Waals surface area contributed by atoms with Crippen molar-refractivity contribution in [1.29, 1.82) is 0 Å². The van der Waals surface area contributed by atoms with E-state index >= 15 is 0 Å². The predicted octanol–water partition coefficient (Wildman–Crippen LogP) is 4.88. The molecule has 2 amide bonds. The Hall–Kier alpha value is -3.79. The van der Waals surface area contributed by atoms with Gasteiger partial charge >= 0.3 is 0 Å². The molecule has 0 aliphatic carbocycles. The van der Waals surface area contributed by atoms with Gasteiger partial charge in [0.05, 0.1) is 17.8 Å². The molecule has 0 fully saturated rings. The molecule has 2 aromatic carbocycles. The maximum absolute atomic E-state index is 13.7. The number of thiazole rings is 1. The van der Waals surface area contributed by atoms with Gasteiger partial charge in [-0.05, 0) is 50.2 Å². The Morgan fingerprint density at radius 2 is 1.94 bits per heavy atom. The van der Waals surface area contributed by atoms with Crippen LogP contribution in [0.3, 0.4) is 0 Å². The minimum atomic E-state index is -1.19. The number of aromatic nitrogens is 2. The Morgan fingerprint density at radius 3 is 2.73 bits per heavy atom. The number of H-pyrrole nitrogens is 1. The Balaban J connectivity index is 1.35. The first kappa shape index (κ1) is 22.4. The molecular weight excluding hydrogens is 450 g/mol. The zero-order valence-electron chi connectivity index (χ0n) is 17.7. The largest absolute Gasteiger partial charge is 0.478 e. The van der Waals surface area contributed by atoms with Crippen LogP contribution >= 0.6 is 11.3 Å². The summed E-state index contributed by atoms with van der Waals surface area (Å²) in [5.74, 6) is -1.98. The summed E-state index contributed by atoms with van der Waals surface area (Å²) in [6.07, 6.45) is 1.68. The van der Waals surface area contributed by atoms with Crippen LogP contribution in [0.2, 0.25) is 0 Å². The first-order valence-corrected chi connectivity index (χ1v) is 10.8. The number of halogens is 2. The van der Waals surface area contributed by atoms with Crippen LogP contribution in [0.15, 0.2) is 54.0 Å². The monoisotopic (exact) mass is 470 g/mol. The number of nitrogens with zero attached hydrogens (tertiary/aromatic N) is 1. The minimum Gasteiger partial charge on any atom is -0.478 e. The highest BCUT2D eigenvalue weighted by atomic mass is 32.1. The van der Waals surface area contributed by atoms with E-state index in [0.717, 1.165) is 34.4 Å². The molecule has 0 saturated carbocycles. The average Bonchev–Trinajstić information content (AvgIpc) is 3.38. The first-order chi connectivity index (χ1) is 15.7. The van der Waals surface area contributed by atoms with E-state index in [-0.39, 0.29) is 12.1 Å². The molecular formula is C23H20F2N4O3S. The Bertz CT molecular complexity index is 1330. The molecule has 0 unspecified atom stereocenters. The maximum atomic E-state index is 13.7. The number of hydrogen-bond acceptors (Lipinski definition) is 5. The molecule has 33 heavy (non-hydrogen) atoms. The van der Waals surface area contributed by atoms with Crippen LogP contribution in [0, 0.1) is 11.6 Å². The van der Waals surface area contributed by atoms with E-state index in [1.54, 1.807) is 25.3 Å². The number of aromatic amines is 1. The lowest BCUT2D eigenvalue weighted by atomic mass is 10.1. The molecule has 7 nitrogen and oxygen atoms in total. The molecule has 0 atom stereocenters. The standard InChI is InChI=1S/C23H20F2N4O3S/c1-23(2,32-16-4-6-18-13(9-16)7-8-26-18)21(31)29-22-27-15(12-33-22)11-20(30)28-19-5-3-14(24)10-17(19)25/h3-10,12,26H,11H2,1-2H3,(H,28,30)(H,27,29,31). The lowest BCUT2D eigenvalue weighted by Crippen LogP contribution is -2.42. The third kappa shape index (κ3) is 5.35. The van der Waals surface area contributed by atoms with E-state index in [4.69, 9.17) is 4.74 Å². The molecule has 170 valence electrons. The molecule has 0 saturated heterocycles. The molecule has 0 spiro atoms. The van der Waals surface area contributed by atoms with Crippen LogP contribution in [-0.2, 0) is 16.0 Å². The van der Waals surface area contributed by atoms with E-state index < -0.39 is 29.0 Å². The summed E-state index contributed by atoms with van der Waals surface area (Å²) < 4.78 is 32.6. The molecule has 2 aromatic heterocycles. The predicted molar refractivity (Wildman–Crippen MR) is 122 cm³/mol. The number of hydrogen-bond donors (Lipinski definition) is 3. The van der Waals surface area contributed by atoms with Crippen molar-refractivity contribution in [3.05, 3.63) is 71.4 Å². The second kappa shape index (κ2) is 8.99. The van der Waals surface area contributed by atoms with Crippen LogP contribution in [0.4, 0.5) is 19.6 Å². The summed E-state index contributed by atoms with van der Waals surface area (Å²) in [4.78, 5) is 32.3. The normalized spacial score (nSPS) is 11.4. The van der Waals surface area contributed by atoms with Gasteiger partial charge in [0.25, 0.3) is 5.91 Å². The summed E-state index contributed by atoms with van der Waals surface area (Å²) in [5, 5.41) is 7.95. The summed E-state index contributed by atoms with van der Waals surface area (Å²) in [5.41, 5.74) is 0.0489. The molecule has 0 aliphatic heterocycles. The van der Waals surface area contributed by atoms with Gasteiger partial charge in [0, 0.05) is 28.5 Å². The fraction of sp³-hybridized carbons (Fsp3) is 0.174. The molecule has 4 aromatic rings. The van der Waals surface area contributed by atoms with Crippen LogP contribution in [0.25, 0.3) is 10.9 Å². The second-order valence-electron chi connectivity index (χ2n) is 7.79. The topological polar surface area (TPSA) is 96.1 Å². The summed E-state index contributed by atoms with van der Waals surface area (Å²) in [6.45, 7) is 3.28. The van der Waals surface area contributed by atoms with E-state index in [2.05, 4.69) is 20.6 Å². The molecule has 4 rings (SSSR count). The summed E-state index contributed by atoms with van der Waals surface area (Å²) in [7, 11) is 0. The third-order valence-corrected chi connectivity index (χ3v) is 5.57. The van der Waals surface area contributed by atoms with Gasteiger partial charge in [-0.2, -0.15) is 0 Å². The van der Waals surface area contributed by atoms with E-state index in [1.165, 1.54) is 0 Å². The van der Waals surface area contributed by atoms with Crippen molar-refractivity contribution < 1.29 is 23.1 Å². The number of carbonyl (C=O) groups excluding carboxylic acids is 2. The molecule has 10 heteroatoms. The van der Waals surface area contributed by atoms with Crippen molar-refractivity contribution in [2.45, 2.75) is 25.9 Å². The SMILES string of the molecule is CC(C)(Oc1ccc2[nH]ccc2c1)C(=O)Nc1nc(CC(=O)Nc2ccc(F)cc2F)cs1. The molecule has 0 bridgehead atoms. The first-order valence-electron chi connectivity index (χ1n) is 9.96. The number of carbonyl (C=O) groups is 2. The minimum absolute atomic E-state index is 0.123. The average molecular weight is 471 g/mol. The van der Waals surface area contributed by atoms with Gasteiger partial charge in [0.2, 0.25) is 5.91 Å². The second-order valence-corrected chi connectivity index (χ2v) is 8.64. The van der Waals surface area contributed by atoms with E-state index in [1.807, 2.05) is 24.4 Å². The quantitative estimate of drug-likeness (QED) is 0.359. The maximum Gasteiger partial charge on any atom is 0.269 e. The third-order valence-electron chi connectivity index (χ3n) is 4.76. The van der Waals surface area contributed by atoms with Crippen molar-refractivity contribution in [2.24, 2.45) is 0 Å². The fourth-order valence-corrected chi connectivity index (χ4v) is 3.78. The van der Waals surface area contributed by atoms with Crippen LogP contribution in [-0.4, -0.2) is 27.4 Å². The van der Waals surface area contributed by atoms with E-state index in [9.17, 15) is 18.4 Å². The van der Waals surface area contributed by atoms with Crippen LogP contribution < -0.4 is 15.4 Å². The van der Waals surface area contributed by atoms with Gasteiger partial charge < -0.3 is 15.0 Å². The van der Waals surface area contributed by atoms with Gasteiger partial charge in [-0.15, -0.1) is 11.3 Å². The van der Waals surface area contributed by atoms with Crippen molar-refractivity contribution in [3.63, 3.8) is 0 Å². The number of benzene rings is 2. The number of amides is 2. The molecule has 0 aliphatic rings. The number of ether oxygens (including phenoxy) is 1. The Labute approximate surface area is 191 Å². The highest BCUT2D eigenvalue weighted by Gasteiger charge is 2.31. The van der Waals surface area contributed by atoms with E-state index in [0.29, 0.717) is 22.6 Å². The lowest BCUT2D eigenvalue weighted by Gasteiger charge is -2.24. The number of rotatable bonds is 7. The Kier molecular flexibility index (Phi) is 6.10. The summed E-state index contributed by atoms with van der Waals surface area (Å²) >= 11 is 1.15. The molecule has 2 heterocycles. The van der Waals surface area contributed by atoms with Gasteiger partial charge in [0.1, 0.15) is 17.4 Å². The smallest absolute Gasteiger partial charge is 0.269 e. The van der Waals surface area contributed by atoms with Crippen molar-refractivity contribution in [2.75, 3.05) is 10.6 Å². The van der Waals surface area contributed by atoms with Crippen molar-refractivity contribution in [3.8, 4) is 5.75 Å². The van der Waals surface area contributed by atoms with Crippen molar-refractivity contribution in [1.82, 2.24) is 9.97 Å². The van der Waals surface area contributed by atoms with Gasteiger partial charge in [0.15, 0.2) is 10.7 Å². The van der Waals surface area contributed by atoms with Gasteiger partial charge in [-0.1, -0.05) is 0 Å². The Morgan fingerprint density at radius 1 is 1.12 bits per heavy atom. The number of nitrogens with one attached hydrogen (secondary N) is 3. The van der Waals surface area contributed by atoms with Gasteiger partial charge in [-0.3, -0.25) is 14.9 Å². The zero-order valence-corrected chi connectivity index (χ0v) is 18.6. The highest BCUT2D eigenvalue weighted by molar-refractivity contribution is 7.14. The van der Waals surface area contributed by atoms with Crippen LogP contribution in [0.1, 0.15) is 19.5 Å². The van der Waals surface area contributed by atoms with Crippen molar-refractivity contribution >= 4 is 44.9 Å². The summed E-state index contributed by atoms with van der Waals surface area (Å²) in [6, 6.07) is 10.3. The highest BCUT2D eigenvalue weighted by Crippen LogP contribution is 2.25.